The molecule has 112 valence electrons. The van der Waals surface area contributed by atoms with Crippen molar-refractivity contribution in [2.45, 2.75) is 37.3 Å². The number of sulfone groups is 1. The molecule has 0 saturated carbocycles. The molecule has 0 aromatic rings. The molecule has 0 aliphatic carbocycles. The van der Waals surface area contributed by atoms with Crippen molar-refractivity contribution in [1.29, 1.82) is 0 Å². The number of amides is 1. The third kappa shape index (κ3) is 5.19. The minimum absolute atomic E-state index is 0.0307. The number of hydrogen-bond donors (Lipinski definition) is 0. The lowest BCUT2D eigenvalue weighted by Gasteiger charge is -2.35. The van der Waals surface area contributed by atoms with Crippen LogP contribution in [0.5, 0.6) is 0 Å². The molecule has 1 aliphatic heterocycles. The maximum atomic E-state index is 12.4. The van der Waals surface area contributed by atoms with Gasteiger partial charge in [-0.05, 0) is 19.1 Å². The van der Waals surface area contributed by atoms with E-state index in [0.29, 0.717) is 12.3 Å². The molecule has 1 heterocycles. The van der Waals surface area contributed by atoms with Gasteiger partial charge < -0.3 is 4.90 Å². The van der Waals surface area contributed by atoms with Crippen molar-refractivity contribution < 1.29 is 13.2 Å². The molecular weight excluding hydrogens is 302 g/mol. The van der Waals surface area contributed by atoms with E-state index in [1.807, 2.05) is 6.92 Å². The van der Waals surface area contributed by atoms with Gasteiger partial charge >= 0.3 is 0 Å². The molecule has 0 aromatic carbocycles. The quantitative estimate of drug-likeness (QED) is 0.698. The highest BCUT2D eigenvalue weighted by molar-refractivity contribution is 8.01. The summed E-state index contributed by atoms with van der Waals surface area (Å²) in [6, 6.07) is 0. The van der Waals surface area contributed by atoms with Crippen molar-refractivity contribution in [1.82, 2.24) is 4.90 Å². The van der Waals surface area contributed by atoms with Gasteiger partial charge in [-0.2, -0.15) is 11.8 Å². The van der Waals surface area contributed by atoms with Gasteiger partial charge in [0, 0.05) is 24.3 Å². The van der Waals surface area contributed by atoms with Crippen molar-refractivity contribution in [2.24, 2.45) is 0 Å². The standard InChI is InChI=1S/C12H23NO3S3/c1-4-5-7-18-10(2)12(14)13-6-8-17-9-11(13)19(3,15)16/h10-11H,4-9H2,1-3H3/t10-,11-/m0/s1. The van der Waals surface area contributed by atoms with Crippen molar-refractivity contribution >= 4 is 39.3 Å². The third-order valence-corrected chi connectivity index (χ3v) is 6.94. The van der Waals surface area contributed by atoms with Gasteiger partial charge in [0.25, 0.3) is 0 Å². The first kappa shape index (κ1) is 17.2. The lowest BCUT2D eigenvalue weighted by atomic mass is 10.3. The maximum absolute atomic E-state index is 12.4. The maximum Gasteiger partial charge on any atom is 0.236 e. The Hall–Kier alpha value is 0.120. The van der Waals surface area contributed by atoms with Crippen molar-refractivity contribution in [3.8, 4) is 0 Å². The first-order chi connectivity index (χ1) is 8.88. The first-order valence-corrected chi connectivity index (χ1v) is 10.7. The second kappa shape index (κ2) is 7.78. The van der Waals surface area contributed by atoms with Crippen molar-refractivity contribution in [2.75, 3.05) is 30.1 Å². The fraction of sp³-hybridized carbons (Fsp3) is 0.917. The molecule has 7 heteroatoms. The van der Waals surface area contributed by atoms with Crippen LogP contribution in [0.15, 0.2) is 0 Å². The summed E-state index contributed by atoms with van der Waals surface area (Å²) in [5.41, 5.74) is 0. The predicted molar refractivity (Wildman–Crippen MR) is 84.5 cm³/mol. The summed E-state index contributed by atoms with van der Waals surface area (Å²) >= 11 is 3.23. The molecule has 1 aliphatic rings. The molecule has 19 heavy (non-hydrogen) atoms. The minimum Gasteiger partial charge on any atom is -0.323 e. The van der Waals surface area contributed by atoms with Crippen LogP contribution in [0.2, 0.25) is 0 Å². The molecule has 0 unspecified atom stereocenters. The summed E-state index contributed by atoms with van der Waals surface area (Å²) < 4.78 is 23.5. The van der Waals surface area contributed by atoms with E-state index in [9.17, 15) is 13.2 Å². The molecule has 0 bridgehead atoms. The van der Waals surface area contributed by atoms with Crippen LogP contribution < -0.4 is 0 Å². The van der Waals surface area contributed by atoms with Crippen LogP contribution in [0.1, 0.15) is 26.7 Å². The summed E-state index contributed by atoms with van der Waals surface area (Å²) in [6.07, 6.45) is 3.42. The van der Waals surface area contributed by atoms with Gasteiger partial charge in [-0.3, -0.25) is 4.79 Å². The number of carbonyl (C=O) groups excluding carboxylic acids is 1. The largest absolute Gasteiger partial charge is 0.323 e. The predicted octanol–water partition coefficient (Wildman–Crippen LogP) is 1.85. The Bertz CT molecular complexity index is 397. The zero-order chi connectivity index (χ0) is 14.5. The highest BCUT2D eigenvalue weighted by Crippen LogP contribution is 2.24. The lowest BCUT2D eigenvalue weighted by Crippen LogP contribution is -2.52. The SMILES string of the molecule is CCCCS[C@@H](C)C(=O)N1CCSC[C@@H]1S(C)(=O)=O. The molecule has 0 spiro atoms. The number of hydrogen-bond acceptors (Lipinski definition) is 5. The Labute approximate surface area is 125 Å². The fourth-order valence-corrected chi connectivity index (χ4v) is 5.81. The zero-order valence-electron chi connectivity index (χ0n) is 11.8. The normalized spacial score (nSPS) is 22.3. The van der Waals surface area contributed by atoms with Crippen LogP contribution in [0.3, 0.4) is 0 Å². The van der Waals surface area contributed by atoms with E-state index in [-0.39, 0.29) is 11.2 Å². The minimum atomic E-state index is -3.20. The van der Waals surface area contributed by atoms with Crippen LogP contribution in [0, 0.1) is 0 Å². The van der Waals surface area contributed by atoms with Crippen LogP contribution in [0.4, 0.5) is 0 Å². The number of rotatable bonds is 6. The summed E-state index contributed by atoms with van der Waals surface area (Å²) in [6.45, 7) is 4.54. The summed E-state index contributed by atoms with van der Waals surface area (Å²) in [7, 11) is -3.20. The van der Waals surface area contributed by atoms with E-state index in [2.05, 4.69) is 6.92 Å². The second-order valence-electron chi connectivity index (χ2n) is 4.76. The van der Waals surface area contributed by atoms with Gasteiger partial charge in [0.05, 0.1) is 5.25 Å². The monoisotopic (exact) mass is 325 g/mol. The van der Waals surface area contributed by atoms with Gasteiger partial charge in [-0.15, -0.1) is 11.8 Å². The number of thioether (sulfide) groups is 2. The number of unbranched alkanes of at least 4 members (excludes halogenated alkanes) is 1. The molecular formula is C12H23NO3S3. The van der Waals surface area contributed by atoms with Crippen LogP contribution >= 0.6 is 23.5 Å². The Morgan fingerprint density at radius 3 is 2.79 bits per heavy atom. The first-order valence-electron chi connectivity index (χ1n) is 6.56. The Balaban J connectivity index is 2.66. The van der Waals surface area contributed by atoms with E-state index >= 15 is 0 Å². The third-order valence-electron chi connectivity index (χ3n) is 3.08. The molecule has 4 nitrogen and oxygen atoms in total. The summed E-state index contributed by atoms with van der Waals surface area (Å²) in [5, 5.41) is -0.799. The van der Waals surface area contributed by atoms with E-state index < -0.39 is 15.2 Å². The topological polar surface area (TPSA) is 54.5 Å². The average molecular weight is 326 g/mol. The second-order valence-corrected chi connectivity index (χ2v) is 9.56. The van der Waals surface area contributed by atoms with Crippen molar-refractivity contribution in [3.63, 3.8) is 0 Å². The lowest BCUT2D eigenvalue weighted by molar-refractivity contribution is -0.130. The van der Waals surface area contributed by atoms with E-state index in [4.69, 9.17) is 0 Å². The number of carbonyl (C=O) groups is 1. The van der Waals surface area contributed by atoms with Crippen molar-refractivity contribution in [3.05, 3.63) is 0 Å². The smallest absolute Gasteiger partial charge is 0.236 e. The van der Waals surface area contributed by atoms with E-state index in [0.717, 1.165) is 24.3 Å². The van der Waals surface area contributed by atoms with Gasteiger partial charge in [-0.1, -0.05) is 13.3 Å². The average Bonchev–Trinajstić information content (AvgIpc) is 2.37. The summed E-state index contributed by atoms with van der Waals surface area (Å²) in [4.78, 5) is 13.9. The molecule has 0 N–H and O–H groups in total. The molecule has 0 radical (unpaired) electrons. The molecule has 1 amide bonds. The van der Waals surface area contributed by atoms with Gasteiger partial charge in [-0.25, -0.2) is 8.42 Å². The fourth-order valence-electron chi connectivity index (χ4n) is 1.90. The van der Waals surface area contributed by atoms with Gasteiger partial charge in [0.2, 0.25) is 5.91 Å². The Morgan fingerprint density at radius 1 is 1.53 bits per heavy atom. The number of nitrogens with zero attached hydrogens (tertiary/aromatic N) is 1. The van der Waals surface area contributed by atoms with Crippen LogP contribution in [-0.2, 0) is 14.6 Å². The Kier molecular flexibility index (Phi) is 7.04. The van der Waals surface area contributed by atoms with Gasteiger partial charge in [0.1, 0.15) is 5.37 Å². The van der Waals surface area contributed by atoms with Crippen LogP contribution in [-0.4, -0.2) is 59.9 Å². The van der Waals surface area contributed by atoms with Crippen LogP contribution in [0.25, 0.3) is 0 Å². The van der Waals surface area contributed by atoms with E-state index in [1.165, 1.54) is 6.26 Å². The Morgan fingerprint density at radius 2 is 2.21 bits per heavy atom. The van der Waals surface area contributed by atoms with Gasteiger partial charge in [0.15, 0.2) is 9.84 Å². The molecule has 1 saturated heterocycles. The summed E-state index contributed by atoms with van der Waals surface area (Å²) in [5.74, 6) is 2.24. The molecule has 0 aromatic heterocycles. The highest BCUT2D eigenvalue weighted by Gasteiger charge is 2.35. The molecule has 1 rings (SSSR count). The zero-order valence-corrected chi connectivity index (χ0v) is 14.2. The van der Waals surface area contributed by atoms with E-state index in [1.54, 1.807) is 28.4 Å². The highest BCUT2D eigenvalue weighted by atomic mass is 32.2. The molecule has 1 fully saturated rings. The molecule has 2 atom stereocenters.